The molecule has 0 heterocycles. The quantitative estimate of drug-likeness (QED) is 0.594. The zero-order valence-corrected chi connectivity index (χ0v) is 13.0. The van der Waals surface area contributed by atoms with Crippen LogP contribution in [0.4, 0.5) is 0 Å². The summed E-state index contributed by atoms with van der Waals surface area (Å²) >= 11 is 18.1. The van der Waals surface area contributed by atoms with Crippen molar-refractivity contribution < 1.29 is 4.79 Å². The van der Waals surface area contributed by atoms with E-state index in [9.17, 15) is 4.79 Å². The molecule has 1 saturated carbocycles. The molecule has 2 rings (SSSR count). The van der Waals surface area contributed by atoms with E-state index >= 15 is 0 Å². The van der Waals surface area contributed by atoms with Gasteiger partial charge in [0.1, 0.15) is 0 Å². The van der Waals surface area contributed by atoms with Crippen LogP contribution in [0.5, 0.6) is 0 Å². The number of halogens is 3. The Hall–Kier alpha value is -0.240. The second-order valence-electron chi connectivity index (χ2n) is 5.15. The lowest BCUT2D eigenvalue weighted by Crippen LogP contribution is -2.17. The smallest absolute Gasteiger partial charge is 0.168 e. The van der Waals surface area contributed by atoms with Gasteiger partial charge in [0.05, 0.1) is 15.6 Å². The van der Waals surface area contributed by atoms with Gasteiger partial charge in [0.2, 0.25) is 0 Å². The monoisotopic (exact) mass is 318 g/mol. The minimum absolute atomic E-state index is 0.0523. The van der Waals surface area contributed by atoms with Gasteiger partial charge < -0.3 is 0 Å². The summed E-state index contributed by atoms with van der Waals surface area (Å²) in [5.41, 5.74) is 0.443. The van der Waals surface area contributed by atoms with Crippen LogP contribution < -0.4 is 0 Å². The van der Waals surface area contributed by atoms with E-state index in [0.29, 0.717) is 20.6 Å². The second-order valence-corrected chi connectivity index (χ2v) is 6.40. The molecule has 0 amide bonds. The number of ketones is 1. The standard InChI is InChI=1S/C15H17Cl3O/c16-11-8-12(17)14(13(18)9-11)15(19)10-6-4-2-1-3-5-7-10/h8-10H,1-7H2. The molecule has 0 saturated heterocycles. The van der Waals surface area contributed by atoms with Gasteiger partial charge in [-0.25, -0.2) is 0 Å². The molecule has 1 aromatic carbocycles. The Kier molecular flexibility index (Phi) is 5.56. The van der Waals surface area contributed by atoms with Crippen molar-refractivity contribution in [1.82, 2.24) is 0 Å². The molecule has 0 atom stereocenters. The van der Waals surface area contributed by atoms with Crippen LogP contribution in [-0.4, -0.2) is 5.78 Å². The summed E-state index contributed by atoms with van der Waals surface area (Å²) in [6.45, 7) is 0. The molecule has 104 valence electrons. The van der Waals surface area contributed by atoms with Gasteiger partial charge in [-0.2, -0.15) is 0 Å². The lowest BCUT2D eigenvalue weighted by molar-refractivity contribution is 0.0898. The van der Waals surface area contributed by atoms with Gasteiger partial charge in [0.25, 0.3) is 0 Å². The molecule has 1 fully saturated rings. The van der Waals surface area contributed by atoms with Crippen molar-refractivity contribution >= 4 is 40.6 Å². The Bertz CT molecular complexity index is 439. The van der Waals surface area contributed by atoms with Crippen LogP contribution in [0.1, 0.15) is 55.3 Å². The van der Waals surface area contributed by atoms with E-state index in [4.69, 9.17) is 34.8 Å². The summed E-state index contributed by atoms with van der Waals surface area (Å²) in [7, 11) is 0. The summed E-state index contributed by atoms with van der Waals surface area (Å²) < 4.78 is 0. The number of carbonyl (C=O) groups excluding carboxylic acids is 1. The number of hydrogen-bond donors (Lipinski definition) is 0. The van der Waals surface area contributed by atoms with Crippen molar-refractivity contribution in [3.05, 3.63) is 32.8 Å². The third-order valence-corrected chi connectivity index (χ3v) is 4.54. The van der Waals surface area contributed by atoms with E-state index in [2.05, 4.69) is 0 Å². The Morgan fingerprint density at radius 1 is 0.895 bits per heavy atom. The van der Waals surface area contributed by atoms with E-state index in [1.165, 1.54) is 19.3 Å². The molecule has 1 aliphatic carbocycles. The number of hydrogen-bond acceptors (Lipinski definition) is 1. The van der Waals surface area contributed by atoms with Crippen LogP contribution in [0.25, 0.3) is 0 Å². The highest BCUT2D eigenvalue weighted by molar-refractivity contribution is 6.42. The Labute approximate surface area is 129 Å². The van der Waals surface area contributed by atoms with Crippen molar-refractivity contribution in [3.8, 4) is 0 Å². The van der Waals surface area contributed by atoms with Crippen LogP contribution in [0, 0.1) is 5.92 Å². The van der Waals surface area contributed by atoms with Gasteiger partial charge in [-0.3, -0.25) is 4.79 Å². The van der Waals surface area contributed by atoms with Crippen molar-refractivity contribution in [2.75, 3.05) is 0 Å². The number of Topliss-reactive ketones (excluding diaryl/α,β-unsaturated/α-hetero) is 1. The molecule has 1 aliphatic rings. The maximum absolute atomic E-state index is 12.6. The summed E-state index contributed by atoms with van der Waals surface area (Å²) in [6.07, 6.45) is 7.81. The molecule has 4 heteroatoms. The van der Waals surface area contributed by atoms with Crippen LogP contribution >= 0.6 is 34.8 Å². The maximum Gasteiger partial charge on any atom is 0.168 e. The molecule has 0 N–H and O–H groups in total. The molecular formula is C15H17Cl3O. The average Bonchev–Trinajstić information content (AvgIpc) is 2.26. The van der Waals surface area contributed by atoms with Gasteiger partial charge in [0, 0.05) is 10.9 Å². The minimum Gasteiger partial charge on any atom is -0.294 e. The Morgan fingerprint density at radius 2 is 1.37 bits per heavy atom. The predicted octanol–water partition coefficient (Wildman–Crippen LogP) is 6.19. The fraction of sp³-hybridized carbons (Fsp3) is 0.533. The molecular weight excluding hydrogens is 303 g/mol. The van der Waals surface area contributed by atoms with Gasteiger partial charge in [-0.15, -0.1) is 0 Å². The summed E-state index contributed by atoms with van der Waals surface area (Å²) in [5.74, 6) is 0.130. The van der Waals surface area contributed by atoms with E-state index < -0.39 is 0 Å². The molecule has 0 aromatic heterocycles. The van der Waals surface area contributed by atoms with Crippen molar-refractivity contribution in [3.63, 3.8) is 0 Å². The van der Waals surface area contributed by atoms with Crippen LogP contribution in [-0.2, 0) is 0 Å². The van der Waals surface area contributed by atoms with E-state index in [-0.39, 0.29) is 11.7 Å². The molecule has 19 heavy (non-hydrogen) atoms. The zero-order chi connectivity index (χ0) is 13.8. The van der Waals surface area contributed by atoms with Gasteiger partial charge in [0.15, 0.2) is 5.78 Å². The lowest BCUT2D eigenvalue weighted by atomic mass is 9.85. The fourth-order valence-electron chi connectivity index (χ4n) is 2.70. The zero-order valence-electron chi connectivity index (χ0n) is 10.7. The molecule has 0 aliphatic heterocycles. The van der Waals surface area contributed by atoms with Crippen LogP contribution in [0.3, 0.4) is 0 Å². The fourth-order valence-corrected chi connectivity index (χ4v) is 3.70. The highest BCUT2D eigenvalue weighted by Crippen LogP contribution is 2.34. The average molecular weight is 320 g/mol. The summed E-state index contributed by atoms with van der Waals surface area (Å²) in [6, 6.07) is 3.18. The summed E-state index contributed by atoms with van der Waals surface area (Å²) in [5, 5.41) is 1.19. The first kappa shape index (κ1) is 15.2. The van der Waals surface area contributed by atoms with E-state index in [1.54, 1.807) is 12.1 Å². The third-order valence-electron chi connectivity index (χ3n) is 3.73. The first-order chi connectivity index (χ1) is 9.09. The van der Waals surface area contributed by atoms with E-state index in [1.807, 2.05) is 0 Å². The molecule has 0 unspecified atom stereocenters. The predicted molar refractivity (Wildman–Crippen MR) is 81.6 cm³/mol. The molecule has 0 radical (unpaired) electrons. The number of rotatable bonds is 2. The lowest BCUT2D eigenvalue weighted by Gasteiger charge is -2.19. The van der Waals surface area contributed by atoms with E-state index in [0.717, 1.165) is 25.7 Å². The van der Waals surface area contributed by atoms with Gasteiger partial charge in [-0.05, 0) is 25.0 Å². The number of benzene rings is 1. The highest BCUT2D eigenvalue weighted by atomic mass is 35.5. The highest BCUT2D eigenvalue weighted by Gasteiger charge is 2.25. The maximum atomic E-state index is 12.6. The Morgan fingerprint density at radius 3 is 1.89 bits per heavy atom. The molecule has 0 spiro atoms. The molecule has 1 aromatic rings. The molecule has 0 bridgehead atoms. The largest absolute Gasteiger partial charge is 0.294 e. The normalized spacial score (nSPS) is 17.8. The van der Waals surface area contributed by atoms with Crippen molar-refractivity contribution in [2.45, 2.75) is 44.9 Å². The SMILES string of the molecule is O=C(c1c(Cl)cc(Cl)cc1Cl)C1CCCCCCC1. The van der Waals surface area contributed by atoms with Gasteiger partial charge in [-0.1, -0.05) is 66.9 Å². The van der Waals surface area contributed by atoms with Crippen molar-refractivity contribution in [1.29, 1.82) is 0 Å². The first-order valence-corrected chi connectivity index (χ1v) is 7.91. The van der Waals surface area contributed by atoms with Crippen molar-refractivity contribution in [2.24, 2.45) is 5.92 Å². The number of carbonyl (C=O) groups is 1. The second kappa shape index (κ2) is 6.97. The summed E-state index contributed by atoms with van der Waals surface area (Å²) in [4.78, 5) is 12.6. The molecule has 1 nitrogen and oxygen atoms in total. The van der Waals surface area contributed by atoms with Gasteiger partial charge >= 0.3 is 0 Å². The third kappa shape index (κ3) is 3.87. The topological polar surface area (TPSA) is 17.1 Å². The first-order valence-electron chi connectivity index (χ1n) is 6.78. The van der Waals surface area contributed by atoms with Crippen LogP contribution in [0.15, 0.2) is 12.1 Å². The minimum atomic E-state index is 0.0523. The van der Waals surface area contributed by atoms with Crippen LogP contribution in [0.2, 0.25) is 15.1 Å². The Balaban J connectivity index is 2.22.